The molecule has 8 heteroatoms. The summed E-state index contributed by atoms with van der Waals surface area (Å²) < 4.78 is 14.9. The number of carbonyl (C=O) groups is 1. The number of aromatic nitrogens is 2. The predicted molar refractivity (Wildman–Crippen MR) is 136 cm³/mol. The molecule has 5 aliphatic rings. The molecule has 4 aliphatic carbocycles. The van der Waals surface area contributed by atoms with E-state index in [0.29, 0.717) is 48.4 Å². The van der Waals surface area contributed by atoms with Gasteiger partial charge in [-0.15, -0.1) is 0 Å². The van der Waals surface area contributed by atoms with Crippen LogP contribution in [0.4, 0.5) is 16.0 Å². The van der Waals surface area contributed by atoms with E-state index in [-0.39, 0.29) is 23.3 Å². The monoisotopic (exact) mass is 493 g/mol. The Morgan fingerprint density at radius 1 is 1.17 bits per heavy atom. The second-order valence-electron chi connectivity index (χ2n) is 12.1. The maximum Gasteiger partial charge on any atom is 0.270 e. The van der Waals surface area contributed by atoms with Gasteiger partial charge in [-0.3, -0.25) is 4.79 Å². The van der Waals surface area contributed by atoms with Gasteiger partial charge in [0.25, 0.3) is 5.91 Å². The molecule has 7 rings (SSSR count). The van der Waals surface area contributed by atoms with Gasteiger partial charge in [-0.05, 0) is 94.4 Å². The third-order valence-electron chi connectivity index (χ3n) is 9.11. The van der Waals surface area contributed by atoms with Crippen LogP contribution in [0.25, 0.3) is 0 Å². The van der Waals surface area contributed by atoms with E-state index in [4.69, 9.17) is 0 Å². The molecule has 4 bridgehead atoms. The number of rotatable bonds is 5. The lowest BCUT2D eigenvalue weighted by Gasteiger charge is -2.41. The summed E-state index contributed by atoms with van der Waals surface area (Å²) in [6.45, 7) is 7.20. The minimum atomic E-state index is -1.09. The van der Waals surface area contributed by atoms with Crippen molar-refractivity contribution >= 4 is 17.5 Å². The highest BCUT2D eigenvalue weighted by atomic mass is 19.1. The minimum absolute atomic E-state index is 0.0282. The van der Waals surface area contributed by atoms with Crippen LogP contribution in [-0.4, -0.2) is 52.2 Å². The molecule has 1 saturated heterocycles. The van der Waals surface area contributed by atoms with Crippen LogP contribution in [0.1, 0.15) is 68.9 Å². The summed E-state index contributed by atoms with van der Waals surface area (Å²) in [4.78, 5) is 26.5. The SMILES string of the molecule is C[C@@H]1CN(c2ccc(C(C)(C)O)cc2F)CCN1c1nccc(C(=O)NC23CC4CC(CC2C4)C3)n1. The average molecular weight is 494 g/mol. The Morgan fingerprint density at radius 2 is 1.92 bits per heavy atom. The number of anilines is 2. The number of nitrogens with zero attached hydrogens (tertiary/aromatic N) is 4. The van der Waals surface area contributed by atoms with Crippen molar-refractivity contribution < 1.29 is 14.3 Å². The third-order valence-corrected chi connectivity index (χ3v) is 9.11. The number of hydrogen-bond acceptors (Lipinski definition) is 6. The summed E-state index contributed by atoms with van der Waals surface area (Å²) in [5.41, 5.74) is 0.389. The Balaban J connectivity index is 1.14. The van der Waals surface area contributed by atoms with E-state index in [0.717, 1.165) is 24.7 Å². The number of benzene rings is 1. The first-order chi connectivity index (χ1) is 17.1. The molecule has 5 fully saturated rings. The summed E-state index contributed by atoms with van der Waals surface area (Å²) in [5.74, 6) is 2.29. The summed E-state index contributed by atoms with van der Waals surface area (Å²) in [6, 6.07) is 6.68. The topological polar surface area (TPSA) is 81.6 Å². The maximum atomic E-state index is 14.9. The van der Waals surface area contributed by atoms with Crippen molar-refractivity contribution in [3.8, 4) is 0 Å². The number of piperazine rings is 1. The number of nitrogens with one attached hydrogen (secondary N) is 1. The lowest BCUT2D eigenvalue weighted by molar-refractivity contribution is 0.0782. The summed E-state index contributed by atoms with van der Waals surface area (Å²) in [6.07, 6.45) is 7.75. The molecule has 2 N–H and O–H groups in total. The van der Waals surface area contributed by atoms with Gasteiger partial charge >= 0.3 is 0 Å². The molecule has 2 unspecified atom stereocenters. The highest BCUT2D eigenvalue weighted by Crippen LogP contribution is 2.60. The molecule has 2 aromatic rings. The summed E-state index contributed by atoms with van der Waals surface area (Å²) in [5, 5.41) is 13.6. The highest BCUT2D eigenvalue weighted by Gasteiger charge is 2.58. The summed E-state index contributed by atoms with van der Waals surface area (Å²) >= 11 is 0. The molecule has 192 valence electrons. The Labute approximate surface area is 212 Å². The zero-order valence-corrected chi connectivity index (χ0v) is 21.4. The number of aliphatic hydroxyl groups is 1. The van der Waals surface area contributed by atoms with Crippen molar-refractivity contribution in [2.75, 3.05) is 29.4 Å². The molecular weight excluding hydrogens is 457 g/mol. The van der Waals surface area contributed by atoms with E-state index >= 15 is 0 Å². The Hall–Kier alpha value is -2.74. The number of carbonyl (C=O) groups excluding carboxylic acids is 1. The quantitative estimate of drug-likeness (QED) is 0.658. The normalized spacial score (nSPS) is 31.2. The molecule has 1 amide bonds. The van der Waals surface area contributed by atoms with E-state index < -0.39 is 5.60 Å². The van der Waals surface area contributed by atoms with Crippen LogP contribution in [0.2, 0.25) is 0 Å². The van der Waals surface area contributed by atoms with Gasteiger partial charge in [-0.2, -0.15) is 0 Å². The molecule has 2 heterocycles. The van der Waals surface area contributed by atoms with Crippen LogP contribution in [0, 0.1) is 23.6 Å². The molecule has 3 atom stereocenters. The van der Waals surface area contributed by atoms with Gasteiger partial charge in [0.1, 0.15) is 11.5 Å². The van der Waals surface area contributed by atoms with E-state index in [1.54, 1.807) is 38.2 Å². The number of halogens is 1. The van der Waals surface area contributed by atoms with Crippen LogP contribution >= 0.6 is 0 Å². The lowest BCUT2D eigenvalue weighted by atomic mass is 9.80. The minimum Gasteiger partial charge on any atom is -0.386 e. The van der Waals surface area contributed by atoms with Gasteiger partial charge in [0, 0.05) is 37.4 Å². The molecule has 36 heavy (non-hydrogen) atoms. The van der Waals surface area contributed by atoms with Crippen molar-refractivity contribution in [3.63, 3.8) is 0 Å². The van der Waals surface area contributed by atoms with Gasteiger partial charge in [-0.25, -0.2) is 14.4 Å². The first-order valence-electron chi connectivity index (χ1n) is 13.3. The second kappa shape index (κ2) is 8.40. The fourth-order valence-corrected chi connectivity index (χ4v) is 7.52. The van der Waals surface area contributed by atoms with Crippen LogP contribution in [0.5, 0.6) is 0 Å². The summed E-state index contributed by atoms with van der Waals surface area (Å²) in [7, 11) is 0. The lowest BCUT2D eigenvalue weighted by Crippen LogP contribution is -2.53. The zero-order chi connectivity index (χ0) is 25.2. The smallest absolute Gasteiger partial charge is 0.270 e. The molecule has 1 aromatic heterocycles. The van der Waals surface area contributed by atoms with Crippen LogP contribution < -0.4 is 15.1 Å². The molecule has 0 spiro atoms. The highest BCUT2D eigenvalue weighted by molar-refractivity contribution is 5.93. The average Bonchev–Trinajstić information content (AvgIpc) is 3.20. The van der Waals surface area contributed by atoms with E-state index in [2.05, 4.69) is 27.1 Å². The number of hydrogen-bond donors (Lipinski definition) is 2. The predicted octanol–water partition coefficient (Wildman–Crippen LogP) is 3.87. The molecule has 0 radical (unpaired) electrons. The third kappa shape index (κ3) is 4.03. The first-order valence-corrected chi connectivity index (χ1v) is 13.3. The van der Waals surface area contributed by atoms with Gasteiger partial charge in [0.2, 0.25) is 5.95 Å². The molecule has 4 saturated carbocycles. The Bertz CT molecular complexity index is 1170. The Kier molecular flexibility index (Phi) is 5.52. The van der Waals surface area contributed by atoms with Gasteiger partial charge in [-0.1, -0.05) is 6.07 Å². The maximum absolute atomic E-state index is 14.9. The van der Waals surface area contributed by atoms with Crippen molar-refractivity contribution in [1.82, 2.24) is 15.3 Å². The zero-order valence-electron chi connectivity index (χ0n) is 21.4. The second-order valence-corrected chi connectivity index (χ2v) is 12.1. The fraction of sp³-hybridized carbons (Fsp3) is 0.607. The van der Waals surface area contributed by atoms with Gasteiger partial charge in [0.15, 0.2) is 0 Å². The van der Waals surface area contributed by atoms with E-state index in [1.165, 1.54) is 25.3 Å². The van der Waals surface area contributed by atoms with Crippen LogP contribution in [0.3, 0.4) is 0 Å². The van der Waals surface area contributed by atoms with Crippen LogP contribution in [-0.2, 0) is 5.60 Å². The van der Waals surface area contributed by atoms with Gasteiger partial charge in [0.05, 0.1) is 11.3 Å². The fourth-order valence-electron chi connectivity index (χ4n) is 7.52. The largest absolute Gasteiger partial charge is 0.386 e. The number of amides is 1. The van der Waals surface area contributed by atoms with Crippen molar-refractivity contribution in [2.24, 2.45) is 17.8 Å². The van der Waals surface area contributed by atoms with Crippen molar-refractivity contribution in [1.29, 1.82) is 0 Å². The Morgan fingerprint density at radius 3 is 2.58 bits per heavy atom. The molecule has 1 aromatic carbocycles. The standard InChI is InChI=1S/C28H36FN5O2/c1-17-16-33(24-5-4-20(13-22(24)29)27(2,3)36)8-9-34(17)26-30-7-6-23(31-26)25(35)32-28-14-18-10-19(15-28)12-21(28)11-18/h4-7,13,17-19,21,36H,8-12,14-16H2,1-3H3,(H,32,35)/t17-,18?,19?,21?,28?/m1/s1. The molecular formula is C28H36FN5O2. The first kappa shape index (κ1) is 23.6. The van der Waals surface area contributed by atoms with E-state index in [9.17, 15) is 14.3 Å². The van der Waals surface area contributed by atoms with Crippen LogP contribution in [0.15, 0.2) is 30.5 Å². The van der Waals surface area contributed by atoms with Gasteiger partial charge < -0.3 is 20.2 Å². The van der Waals surface area contributed by atoms with Crippen molar-refractivity contribution in [3.05, 3.63) is 47.5 Å². The molecule has 7 nitrogen and oxygen atoms in total. The van der Waals surface area contributed by atoms with E-state index in [1.807, 2.05) is 4.90 Å². The van der Waals surface area contributed by atoms with Crippen molar-refractivity contribution in [2.45, 2.75) is 70.1 Å². The molecule has 1 aliphatic heterocycles.